The van der Waals surface area contributed by atoms with Crippen LogP contribution in [0.2, 0.25) is 0 Å². The molecule has 5 nitrogen and oxygen atoms in total. The smallest absolute Gasteiger partial charge is 0.306 e. The van der Waals surface area contributed by atoms with Gasteiger partial charge in [-0.15, -0.1) is 0 Å². The van der Waals surface area contributed by atoms with Gasteiger partial charge in [0.15, 0.2) is 6.10 Å². The second kappa shape index (κ2) is 41.3. The van der Waals surface area contributed by atoms with Crippen LogP contribution in [0.5, 0.6) is 0 Å². The van der Waals surface area contributed by atoms with Crippen LogP contribution in [-0.2, 0) is 19.1 Å². The topological polar surface area (TPSA) is 72.8 Å². The molecule has 0 aromatic heterocycles. The van der Waals surface area contributed by atoms with Gasteiger partial charge in [0.2, 0.25) is 0 Å². The van der Waals surface area contributed by atoms with E-state index in [1.54, 1.807) is 0 Å². The van der Waals surface area contributed by atoms with Crippen molar-refractivity contribution in [2.24, 2.45) is 0 Å². The quantitative estimate of drug-likeness (QED) is 0.0394. The maximum Gasteiger partial charge on any atom is 0.306 e. The lowest BCUT2D eigenvalue weighted by Crippen LogP contribution is -2.28. The Morgan fingerprint density at radius 3 is 1.30 bits per heavy atom. The minimum absolute atomic E-state index is 0.0643. The number of carbonyl (C=O) groups excluding carboxylic acids is 2. The van der Waals surface area contributed by atoms with Gasteiger partial charge in [-0.2, -0.15) is 0 Å². The van der Waals surface area contributed by atoms with Crippen LogP contribution in [0, 0.1) is 0 Å². The van der Waals surface area contributed by atoms with Crippen LogP contribution in [0.25, 0.3) is 0 Å². The lowest BCUT2D eigenvalue weighted by molar-refractivity contribution is -0.161. The second-order valence-electron chi connectivity index (χ2n) is 14.0. The highest BCUT2D eigenvalue weighted by molar-refractivity contribution is 5.70. The summed E-state index contributed by atoms with van der Waals surface area (Å²) in [5.74, 6) is -0.590. The Morgan fingerprint density at radius 2 is 0.860 bits per heavy atom. The van der Waals surface area contributed by atoms with E-state index in [-0.39, 0.29) is 25.2 Å². The number of allylic oxidation sites excluding steroid dienone is 8. The van der Waals surface area contributed by atoms with E-state index in [0.717, 1.165) is 64.2 Å². The van der Waals surface area contributed by atoms with Crippen molar-refractivity contribution in [3.8, 4) is 0 Å². The Morgan fingerprint density at radius 1 is 0.480 bits per heavy atom. The molecule has 0 amide bonds. The molecule has 290 valence electrons. The van der Waals surface area contributed by atoms with Crippen LogP contribution in [-0.4, -0.2) is 36.4 Å². The number of aliphatic hydroxyl groups excluding tert-OH is 1. The number of aliphatic hydroxyl groups is 1. The first-order valence-electron chi connectivity index (χ1n) is 21.2. The van der Waals surface area contributed by atoms with Crippen LogP contribution < -0.4 is 0 Å². The van der Waals surface area contributed by atoms with Gasteiger partial charge in [0.1, 0.15) is 6.61 Å². The van der Waals surface area contributed by atoms with E-state index in [1.165, 1.54) is 116 Å². The summed E-state index contributed by atoms with van der Waals surface area (Å²) in [7, 11) is 0. The van der Waals surface area contributed by atoms with Gasteiger partial charge in [-0.3, -0.25) is 9.59 Å². The Kier molecular flexibility index (Phi) is 39.5. The number of carbonyl (C=O) groups is 2. The summed E-state index contributed by atoms with van der Waals surface area (Å²) in [5.41, 5.74) is 0. The Hall–Kier alpha value is -2.14. The third-order valence-electron chi connectivity index (χ3n) is 9.14. The van der Waals surface area contributed by atoms with Crippen molar-refractivity contribution in [2.45, 2.75) is 213 Å². The lowest BCUT2D eigenvalue weighted by atomic mass is 10.0. The number of hydrogen-bond acceptors (Lipinski definition) is 5. The SMILES string of the molecule is CC/C=C\C/C=C\C/C=C\C/C=C\CCCCCCCCCCCCCCC(=O)OC(CO)COC(=O)CCCCCCCCCCCCC. The summed E-state index contributed by atoms with van der Waals surface area (Å²) in [6.07, 6.45) is 51.8. The van der Waals surface area contributed by atoms with E-state index in [4.69, 9.17) is 9.47 Å². The zero-order valence-electron chi connectivity index (χ0n) is 32.9. The summed E-state index contributed by atoms with van der Waals surface area (Å²) in [4.78, 5) is 24.2. The minimum atomic E-state index is -0.769. The number of esters is 2. The summed E-state index contributed by atoms with van der Waals surface area (Å²) in [6.45, 7) is 4.02. The zero-order valence-corrected chi connectivity index (χ0v) is 32.9. The van der Waals surface area contributed by atoms with Crippen LogP contribution in [0.3, 0.4) is 0 Å². The van der Waals surface area contributed by atoms with E-state index in [2.05, 4.69) is 62.5 Å². The molecule has 1 N–H and O–H groups in total. The Balaban J connectivity index is 3.51. The predicted molar refractivity (Wildman–Crippen MR) is 214 cm³/mol. The van der Waals surface area contributed by atoms with Gasteiger partial charge in [-0.25, -0.2) is 0 Å². The average molecular weight is 701 g/mol. The maximum atomic E-state index is 12.2. The lowest BCUT2D eigenvalue weighted by Gasteiger charge is -2.15. The van der Waals surface area contributed by atoms with E-state index in [0.29, 0.717) is 12.8 Å². The largest absolute Gasteiger partial charge is 0.462 e. The van der Waals surface area contributed by atoms with Gasteiger partial charge in [-0.05, 0) is 51.4 Å². The molecule has 50 heavy (non-hydrogen) atoms. The van der Waals surface area contributed by atoms with Crippen LogP contribution in [0.4, 0.5) is 0 Å². The summed E-state index contributed by atoms with van der Waals surface area (Å²) < 4.78 is 10.6. The molecule has 0 spiro atoms. The Labute approximate surface area is 309 Å². The summed E-state index contributed by atoms with van der Waals surface area (Å²) >= 11 is 0. The van der Waals surface area contributed by atoms with Gasteiger partial charge in [0.05, 0.1) is 6.61 Å². The van der Waals surface area contributed by atoms with Crippen molar-refractivity contribution in [1.82, 2.24) is 0 Å². The van der Waals surface area contributed by atoms with Crippen LogP contribution in [0.15, 0.2) is 48.6 Å². The highest BCUT2D eigenvalue weighted by Gasteiger charge is 2.16. The third kappa shape index (κ3) is 38.7. The number of hydrogen-bond donors (Lipinski definition) is 1. The fraction of sp³-hybridized carbons (Fsp3) is 0.778. The molecule has 0 fully saturated rings. The molecule has 5 heteroatoms. The van der Waals surface area contributed by atoms with Crippen molar-refractivity contribution in [1.29, 1.82) is 0 Å². The molecule has 1 unspecified atom stereocenters. The molecular formula is C45H80O5. The van der Waals surface area contributed by atoms with Gasteiger partial charge in [0, 0.05) is 12.8 Å². The maximum absolute atomic E-state index is 12.2. The highest BCUT2D eigenvalue weighted by Crippen LogP contribution is 2.15. The molecule has 0 rings (SSSR count). The number of rotatable bonds is 38. The molecule has 0 aliphatic carbocycles. The van der Waals surface area contributed by atoms with E-state index in [1.807, 2.05) is 0 Å². The third-order valence-corrected chi connectivity index (χ3v) is 9.14. The first-order valence-corrected chi connectivity index (χ1v) is 21.2. The fourth-order valence-corrected chi connectivity index (χ4v) is 5.96. The van der Waals surface area contributed by atoms with Crippen molar-refractivity contribution < 1.29 is 24.2 Å². The first-order chi connectivity index (χ1) is 24.6. The van der Waals surface area contributed by atoms with E-state index < -0.39 is 6.10 Å². The van der Waals surface area contributed by atoms with Crippen molar-refractivity contribution in [3.05, 3.63) is 48.6 Å². The molecule has 0 radical (unpaired) electrons. The van der Waals surface area contributed by atoms with Crippen LogP contribution in [0.1, 0.15) is 206 Å². The molecule has 0 aromatic carbocycles. The zero-order chi connectivity index (χ0) is 36.4. The highest BCUT2D eigenvalue weighted by atomic mass is 16.6. The molecule has 0 aromatic rings. The molecule has 0 saturated heterocycles. The van der Waals surface area contributed by atoms with Crippen molar-refractivity contribution in [2.75, 3.05) is 13.2 Å². The number of ether oxygens (including phenoxy) is 2. The Bertz CT molecular complexity index is 842. The summed E-state index contributed by atoms with van der Waals surface area (Å²) in [5, 5.41) is 9.56. The van der Waals surface area contributed by atoms with E-state index in [9.17, 15) is 14.7 Å². The van der Waals surface area contributed by atoms with E-state index >= 15 is 0 Å². The summed E-state index contributed by atoms with van der Waals surface area (Å²) in [6, 6.07) is 0. The second-order valence-corrected chi connectivity index (χ2v) is 14.0. The van der Waals surface area contributed by atoms with Crippen molar-refractivity contribution in [3.63, 3.8) is 0 Å². The van der Waals surface area contributed by atoms with Crippen molar-refractivity contribution >= 4 is 11.9 Å². The van der Waals surface area contributed by atoms with Gasteiger partial charge >= 0.3 is 11.9 Å². The standard InChI is InChI=1S/C45H80O5/c1-3-5-7-9-11-13-15-16-17-18-19-20-21-22-23-24-25-26-27-28-30-32-34-36-38-40-45(48)50-43(41-46)42-49-44(47)39-37-35-33-31-29-14-12-10-8-6-4-2/h5,7,11,13,16-17,19-20,43,46H,3-4,6,8-10,12,14-15,18,21-42H2,1-2H3/b7-5-,13-11-,17-16-,20-19-. The number of unbranched alkanes of at least 4 members (excludes halogenated alkanes) is 22. The molecule has 1 atom stereocenters. The molecular weight excluding hydrogens is 620 g/mol. The predicted octanol–water partition coefficient (Wildman–Crippen LogP) is 13.4. The monoisotopic (exact) mass is 701 g/mol. The van der Waals surface area contributed by atoms with Gasteiger partial charge in [-0.1, -0.05) is 191 Å². The minimum Gasteiger partial charge on any atom is -0.462 e. The molecule has 0 aliphatic heterocycles. The average Bonchev–Trinajstić information content (AvgIpc) is 3.12. The molecule has 0 heterocycles. The first kappa shape index (κ1) is 47.9. The molecule has 0 aliphatic rings. The fourth-order valence-electron chi connectivity index (χ4n) is 5.96. The van der Waals surface area contributed by atoms with Gasteiger partial charge < -0.3 is 14.6 Å². The normalized spacial score (nSPS) is 12.6. The van der Waals surface area contributed by atoms with Crippen LogP contribution >= 0.6 is 0 Å². The molecule has 0 bridgehead atoms. The molecule has 0 saturated carbocycles. The van der Waals surface area contributed by atoms with Gasteiger partial charge in [0.25, 0.3) is 0 Å².